The lowest BCUT2D eigenvalue weighted by Crippen LogP contribution is -2.27. The molecule has 1 aliphatic rings. The first-order valence-corrected chi connectivity index (χ1v) is 6.89. The first kappa shape index (κ1) is 13.2. The summed E-state index contributed by atoms with van der Waals surface area (Å²) in [7, 11) is 1.70. The van der Waals surface area contributed by atoms with Gasteiger partial charge in [0.2, 0.25) is 0 Å². The summed E-state index contributed by atoms with van der Waals surface area (Å²) in [4.78, 5) is 0. The van der Waals surface area contributed by atoms with Crippen LogP contribution in [0.4, 0.5) is 0 Å². The number of hydrogen-bond acceptors (Lipinski definition) is 3. The van der Waals surface area contributed by atoms with Gasteiger partial charge in [0.05, 0.1) is 13.7 Å². The van der Waals surface area contributed by atoms with E-state index in [1.807, 2.05) is 12.1 Å². The van der Waals surface area contributed by atoms with E-state index in [9.17, 15) is 0 Å². The predicted molar refractivity (Wildman–Crippen MR) is 73.4 cm³/mol. The molecule has 0 fully saturated rings. The second-order valence-corrected chi connectivity index (χ2v) is 4.75. The number of nitrogens with one attached hydrogen (secondary N) is 1. The average molecular weight is 249 g/mol. The van der Waals surface area contributed by atoms with Gasteiger partial charge in [-0.15, -0.1) is 0 Å². The van der Waals surface area contributed by atoms with Crippen LogP contribution in [-0.2, 0) is 0 Å². The summed E-state index contributed by atoms with van der Waals surface area (Å²) < 4.78 is 11.0. The van der Waals surface area contributed by atoms with E-state index in [4.69, 9.17) is 9.47 Å². The second-order valence-electron chi connectivity index (χ2n) is 4.75. The molecule has 1 aromatic carbocycles. The molecule has 1 heterocycles. The van der Waals surface area contributed by atoms with Gasteiger partial charge >= 0.3 is 0 Å². The highest BCUT2D eigenvalue weighted by molar-refractivity contribution is 5.43. The zero-order valence-electron chi connectivity index (χ0n) is 11.4. The Morgan fingerprint density at radius 3 is 3.06 bits per heavy atom. The zero-order valence-corrected chi connectivity index (χ0v) is 11.4. The minimum Gasteiger partial charge on any atom is -0.497 e. The fraction of sp³-hybridized carbons (Fsp3) is 0.600. The standard InChI is InChI=1S/C15H23NO2/c1-3-4-5-9-16-14-8-10-18-15-7-6-12(17-2)11-13(14)15/h6-7,11,14,16H,3-5,8-10H2,1-2H3. The molecule has 0 spiro atoms. The molecule has 3 heteroatoms. The van der Waals surface area contributed by atoms with E-state index >= 15 is 0 Å². The van der Waals surface area contributed by atoms with E-state index in [0.717, 1.165) is 31.1 Å². The minimum atomic E-state index is 0.403. The number of unbranched alkanes of at least 4 members (excludes halogenated alkanes) is 2. The van der Waals surface area contributed by atoms with Crippen LogP contribution in [0.1, 0.15) is 44.2 Å². The Hall–Kier alpha value is -1.22. The van der Waals surface area contributed by atoms with Gasteiger partial charge < -0.3 is 14.8 Å². The van der Waals surface area contributed by atoms with Crippen molar-refractivity contribution >= 4 is 0 Å². The van der Waals surface area contributed by atoms with E-state index in [1.54, 1.807) is 7.11 Å². The summed E-state index contributed by atoms with van der Waals surface area (Å²) in [6.45, 7) is 4.11. The molecule has 2 rings (SSSR count). The Morgan fingerprint density at radius 1 is 1.39 bits per heavy atom. The fourth-order valence-corrected chi connectivity index (χ4v) is 2.36. The molecule has 0 aromatic heterocycles. The van der Waals surface area contributed by atoms with Crippen molar-refractivity contribution in [3.05, 3.63) is 23.8 Å². The summed E-state index contributed by atoms with van der Waals surface area (Å²) in [5, 5.41) is 3.63. The number of hydrogen-bond donors (Lipinski definition) is 1. The lowest BCUT2D eigenvalue weighted by atomic mass is 10.00. The third-order valence-corrected chi connectivity index (χ3v) is 3.43. The van der Waals surface area contributed by atoms with Crippen LogP contribution in [0.2, 0.25) is 0 Å². The predicted octanol–water partition coefficient (Wildman–Crippen LogP) is 3.30. The van der Waals surface area contributed by atoms with Crippen LogP contribution in [0.5, 0.6) is 11.5 Å². The normalized spacial score (nSPS) is 18.0. The molecule has 1 N–H and O–H groups in total. The van der Waals surface area contributed by atoms with Crippen LogP contribution in [0.25, 0.3) is 0 Å². The lowest BCUT2D eigenvalue weighted by Gasteiger charge is -2.27. The van der Waals surface area contributed by atoms with Crippen molar-refractivity contribution < 1.29 is 9.47 Å². The molecule has 1 unspecified atom stereocenters. The Balaban J connectivity index is 2.01. The van der Waals surface area contributed by atoms with E-state index in [2.05, 4.69) is 18.3 Å². The molecule has 100 valence electrons. The number of fused-ring (bicyclic) bond motifs is 1. The van der Waals surface area contributed by atoms with Crippen molar-refractivity contribution in [2.75, 3.05) is 20.3 Å². The Morgan fingerprint density at radius 2 is 2.28 bits per heavy atom. The highest BCUT2D eigenvalue weighted by atomic mass is 16.5. The van der Waals surface area contributed by atoms with Crippen LogP contribution >= 0.6 is 0 Å². The molecule has 3 nitrogen and oxygen atoms in total. The van der Waals surface area contributed by atoms with Gasteiger partial charge in [-0.3, -0.25) is 0 Å². The molecular formula is C15H23NO2. The van der Waals surface area contributed by atoms with E-state index in [0.29, 0.717) is 6.04 Å². The van der Waals surface area contributed by atoms with Crippen molar-refractivity contribution in [3.63, 3.8) is 0 Å². The van der Waals surface area contributed by atoms with Gasteiger partial charge in [0.1, 0.15) is 11.5 Å². The van der Waals surface area contributed by atoms with Crippen LogP contribution < -0.4 is 14.8 Å². The van der Waals surface area contributed by atoms with Crippen molar-refractivity contribution in [1.29, 1.82) is 0 Å². The number of ether oxygens (including phenoxy) is 2. The maximum Gasteiger partial charge on any atom is 0.124 e. The summed E-state index contributed by atoms with van der Waals surface area (Å²) in [6, 6.07) is 6.46. The molecule has 0 radical (unpaired) electrons. The highest BCUT2D eigenvalue weighted by Gasteiger charge is 2.21. The number of methoxy groups -OCH3 is 1. The number of rotatable bonds is 6. The first-order valence-electron chi connectivity index (χ1n) is 6.89. The number of benzene rings is 1. The average Bonchev–Trinajstić information content (AvgIpc) is 2.43. The molecule has 0 saturated carbocycles. The van der Waals surface area contributed by atoms with Crippen molar-refractivity contribution in [2.45, 2.75) is 38.6 Å². The minimum absolute atomic E-state index is 0.403. The molecule has 18 heavy (non-hydrogen) atoms. The van der Waals surface area contributed by atoms with E-state index < -0.39 is 0 Å². The van der Waals surface area contributed by atoms with Crippen LogP contribution in [0, 0.1) is 0 Å². The molecular weight excluding hydrogens is 226 g/mol. The van der Waals surface area contributed by atoms with Crippen molar-refractivity contribution in [1.82, 2.24) is 5.32 Å². The molecule has 1 aliphatic heterocycles. The molecule has 1 aromatic rings. The smallest absolute Gasteiger partial charge is 0.124 e. The largest absolute Gasteiger partial charge is 0.497 e. The zero-order chi connectivity index (χ0) is 12.8. The van der Waals surface area contributed by atoms with E-state index in [-0.39, 0.29) is 0 Å². The van der Waals surface area contributed by atoms with Gasteiger partial charge in [-0.05, 0) is 31.2 Å². The third-order valence-electron chi connectivity index (χ3n) is 3.43. The van der Waals surface area contributed by atoms with Crippen LogP contribution in [0.15, 0.2) is 18.2 Å². The topological polar surface area (TPSA) is 30.5 Å². The van der Waals surface area contributed by atoms with Crippen LogP contribution in [-0.4, -0.2) is 20.3 Å². The van der Waals surface area contributed by atoms with Crippen molar-refractivity contribution in [2.24, 2.45) is 0 Å². The second kappa shape index (κ2) is 6.64. The van der Waals surface area contributed by atoms with Gasteiger partial charge in [-0.1, -0.05) is 19.8 Å². The van der Waals surface area contributed by atoms with Gasteiger partial charge in [-0.25, -0.2) is 0 Å². The molecule has 1 atom stereocenters. The van der Waals surface area contributed by atoms with Gasteiger partial charge in [0.15, 0.2) is 0 Å². The molecule has 0 bridgehead atoms. The lowest BCUT2D eigenvalue weighted by molar-refractivity contribution is 0.251. The Labute approximate surface area is 109 Å². The van der Waals surface area contributed by atoms with Crippen LogP contribution in [0.3, 0.4) is 0 Å². The molecule has 0 aliphatic carbocycles. The highest BCUT2D eigenvalue weighted by Crippen LogP contribution is 2.34. The Bertz CT molecular complexity index is 379. The van der Waals surface area contributed by atoms with Gasteiger partial charge in [0, 0.05) is 18.0 Å². The SMILES string of the molecule is CCCCCNC1CCOc2ccc(OC)cc21. The summed E-state index contributed by atoms with van der Waals surface area (Å²) >= 11 is 0. The Kier molecular flexibility index (Phi) is 4.88. The fourth-order valence-electron chi connectivity index (χ4n) is 2.36. The summed E-state index contributed by atoms with van der Waals surface area (Å²) in [5.41, 5.74) is 1.23. The van der Waals surface area contributed by atoms with Gasteiger partial charge in [0.25, 0.3) is 0 Å². The van der Waals surface area contributed by atoms with Gasteiger partial charge in [-0.2, -0.15) is 0 Å². The van der Waals surface area contributed by atoms with E-state index in [1.165, 1.54) is 24.8 Å². The quantitative estimate of drug-likeness (QED) is 0.785. The monoisotopic (exact) mass is 249 g/mol. The third kappa shape index (κ3) is 3.16. The summed E-state index contributed by atoms with van der Waals surface area (Å²) in [5.74, 6) is 1.90. The molecule has 0 amide bonds. The maximum atomic E-state index is 5.69. The maximum absolute atomic E-state index is 5.69. The first-order chi connectivity index (χ1) is 8.85. The summed E-state index contributed by atoms with van der Waals surface area (Å²) in [6.07, 6.45) is 4.83. The molecule has 0 saturated heterocycles. The van der Waals surface area contributed by atoms with Crippen molar-refractivity contribution in [3.8, 4) is 11.5 Å².